The second-order valence-corrected chi connectivity index (χ2v) is 5.33. The standard InChI is InChI=1S/C16H21N3O/c1-11-4-5-14(20-3)16-15(11)13(10-12(2)18-16)19-8-6-17-7-9-19/h4-5,10,17H,6-9H2,1-3H3. The number of anilines is 1. The number of rotatable bonds is 2. The summed E-state index contributed by atoms with van der Waals surface area (Å²) < 4.78 is 5.49. The minimum absolute atomic E-state index is 0.852. The highest BCUT2D eigenvalue weighted by Crippen LogP contribution is 2.34. The van der Waals surface area contributed by atoms with Gasteiger partial charge >= 0.3 is 0 Å². The number of benzene rings is 1. The van der Waals surface area contributed by atoms with Crippen LogP contribution < -0.4 is 15.0 Å². The average molecular weight is 271 g/mol. The Morgan fingerprint density at radius 2 is 1.95 bits per heavy atom. The Balaban J connectivity index is 2.24. The van der Waals surface area contributed by atoms with Crippen molar-refractivity contribution in [2.24, 2.45) is 0 Å². The van der Waals surface area contributed by atoms with E-state index in [0.717, 1.165) is 43.1 Å². The second-order valence-electron chi connectivity index (χ2n) is 5.33. The number of nitrogens with zero attached hydrogens (tertiary/aromatic N) is 2. The fraction of sp³-hybridized carbons (Fsp3) is 0.438. The van der Waals surface area contributed by atoms with E-state index < -0.39 is 0 Å². The highest BCUT2D eigenvalue weighted by molar-refractivity contribution is 5.98. The number of piperazine rings is 1. The number of methoxy groups -OCH3 is 1. The third-order valence-corrected chi connectivity index (χ3v) is 3.92. The van der Waals surface area contributed by atoms with Gasteiger partial charge in [0.1, 0.15) is 11.3 Å². The molecule has 0 saturated carbocycles. The monoisotopic (exact) mass is 271 g/mol. The summed E-state index contributed by atoms with van der Waals surface area (Å²) in [5, 5.41) is 4.62. The molecule has 4 nitrogen and oxygen atoms in total. The molecule has 1 aromatic carbocycles. The first-order chi connectivity index (χ1) is 9.70. The average Bonchev–Trinajstić information content (AvgIpc) is 2.47. The van der Waals surface area contributed by atoms with Gasteiger partial charge in [-0.25, -0.2) is 4.98 Å². The smallest absolute Gasteiger partial charge is 0.145 e. The third-order valence-electron chi connectivity index (χ3n) is 3.92. The van der Waals surface area contributed by atoms with E-state index in [1.807, 2.05) is 13.0 Å². The number of aromatic nitrogens is 1. The van der Waals surface area contributed by atoms with Crippen LogP contribution in [-0.4, -0.2) is 38.3 Å². The zero-order valence-electron chi connectivity index (χ0n) is 12.4. The van der Waals surface area contributed by atoms with E-state index in [2.05, 4.69) is 29.3 Å². The van der Waals surface area contributed by atoms with Gasteiger partial charge in [0, 0.05) is 42.9 Å². The summed E-state index contributed by atoms with van der Waals surface area (Å²) in [6.07, 6.45) is 0. The second kappa shape index (κ2) is 5.29. The van der Waals surface area contributed by atoms with Gasteiger partial charge in [-0.3, -0.25) is 0 Å². The molecule has 1 aromatic heterocycles. The minimum atomic E-state index is 0.852. The molecule has 1 saturated heterocycles. The van der Waals surface area contributed by atoms with Crippen LogP contribution in [0.3, 0.4) is 0 Å². The first kappa shape index (κ1) is 13.2. The lowest BCUT2D eigenvalue weighted by atomic mass is 10.0. The lowest BCUT2D eigenvalue weighted by Gasteiger charge is -2.31. The predicted molar refractivity (Wildman–Crippen MR) is 82.9 cm³/mol. The van der Waals surface area contributed by atoms with Gasteiger partial charge in [0.25, 0.3) is 0 Å². The lowest BCUT2D eigenvalue weighted by Crippen LogP contribution is -2.43. The molecule has 0 radical (unpaired) electrons. The number of hydrogen-bond donors (Lipinski definition) is 1. The van der Waals surface area contributed by atoms with Crippen molar-refractivity contribution in [2.75, 3.05) is 38.2 Å². The lowest BCUT2D eigenvalue weighted by molar-refractivity contribution is 0.418. The van der Waals surface area contributed by atoms with Gasteiger partial charge in [-0.2, -0.15) is 0 Å². The Kier molecular flexibility index (Phi) is 3.49. The van der Waals surface area contributed by atoms with Crippen LogP contribution in [-0.2, 0) is 0 Å². The fourth-order valence-corrected chi connectivity index (χ4v) is 2.91. The Labute approximate surface area is 119 Å². The summed E-state index contributed by atoms with van der Waals surface area (Å²) in [6, 6.07) is 6.32. The largest absolute Gasteiger partial charge is 0.494 e. The Bertz CT molecular complexity index is 633. The van der Waals surface area contributed by atoms with Crippen LogP contribution in [0.25, 0.3) is 10.9 Å². The van der Waals surface area contributed by atoms with Crippen molar-refractivity contribution in [2.45, 2.75) is 13.8 Å². The third kappa shape index (κ3) is 2.20. The van der Waals surface area contributed by atoms with E-state index in [-0.39, 0.29) is 0 Å². The number of nitrogens with one attached hydrogen (secondary N) is 1. The molecular weight excluding hydrogens is 250 g/mol. The number of fused-ring (bicyclic) bond motifs is 1. The Hall–Kier alpha value is -1.81. The van der Waals surface area contributed by atoms with Gasteiger partial charge in [-0.1, -0.05) is 6.07 Å². The molecular formula is C16H21N3O. The van der Waals surface area contributed by atoms with Crippen LogP contribution in [0.2, 0.25) is 0 Å². The number of aryl methyl sites for hydroxylation is 2. The van der Waals surface area contributed by atoms with Crippen LogP contribution >= 0.6 is 0 Å². The molecule has 0 unspecified atom stereocenters. The topological polar surface area (TPSA) is 37.4 Å². The van der Waals surface area contributed by atoms with Gasteiger partial charge in [-0.05, 0) is 31.5 Å². The molecule has 1 N–H and O–H groups in total. The molecule has 2 heterocycles. The summed E-state index contributed by atoms with van der Waals surface area (Å²) in [4.78, 5) is 7.14. The Morgan fingerprint density at radius 1 is 1.20 bits per heavy atom. The highest BCUT2D eigenvalue weighted by Gasteiger charge is 2.17. The van der Waals surface area contributed by atoms with Crippen molar-refractivity contribution in [3.05, 3.63) is 29.5 Å². The van der Waals surface area contributed by atoms with Crippen molar-refractivity contribution in [3.8, 4) is 5.75 Å². The summed E-state index contributed by atoms with van der Waals surface area (Å²) >= 11 is 0. The molecule has 0 atom stereocenters. The van der Waals surface area contributed by atoms with E-state index in [4.69, 9.17) is 9.72 Å². The zero-order valence-corrected chi connectivity index (χ0v) is 12.4. The van der Waals surface area contributed by atoms with Gasteiger partial charge in [0.05, 0.1) is 7.11 Å². The molecule has 0 amide bonds. The number of ether oxygens (including phenoxy) is 1. The zero-order chi connectivity index (χ0) is 14.1. The summed E-state index contributed by atoms with van der Waals surface area (Å²) in [7, 11) is 1.71. The minimum Gasteiger partial charge on any atom is -0.494 e. The van der Waals surface area contributed by atoms with Crippen molar-refractivity contribution in [1.82, 2.24) is 10.3 Å². The highest BCUT2D eigenvalue weighted by atomic mass is 16.5. The van der Waals surface area contributed by atoms with Gasteiger partial charge in [0.15, 0.2) is 0 Å². The van der Waals surface area contributed by atoms with Crippen molar-refractivity contribution in [3.63, 3.8) is 0 Å². The van der Waals surface area contributed by atoms with Crippen LogP contribution in [0, 0.1) is 13.8 Å². The van der Waals surface area contributed by atoms with Crippen LogP contribution in [0.15, 0.2) is 18.2 Å². The molecule has 3 rings (SSSR count). The maximum Gasteiger partial charge on any atom is 0.145 e. The van der Waals surface area contributed by atoms with Crippen LogP contribution in [0.1, 0.15) is 11.3 Å². The van der Waals surface area contributed by atoms with Crippen molar-refractivity contribution < 1.29 is 4.74 Å². The quantitative estimate of drug-likeness (QED) is 0.909. The Morgan fingerprint density at radius 3 is 2.65 bits per heavy atom. The van der Waals surface area contributed by atoms with E-state index in [0.29, 0.717) is 0 Å². The summed E-state index contributed by atoms with van der Waals surface area (Å²) in [5.74, 6) is 0.852. The molecule has 2 aromatic rings. The molecule has 4 heteroatoms. The van der Waals surface area contributed by atoms with Gasteiger partial charge in [-0.15, -0.1) is 0 Å². The molecule has 0 spiro atoms. The van der Waals surface area contributed by atoms with Crippen molar-refractivity contribution >= 4 is 16.6 Å². The number of hydrogen-bond acceptors (Lipinski definition) is 4. The fourth-order valence-electron chi connectivity index (χ4n) is 2.91. The van der Waals surface area contributed by atoms with Gasteiger partial charge in [0.2, 0.25) is 0 Å². The van der Waals surface area contributed by atoms with E-state index in [1.54, 1.807) is 7.11 Å². The van der Waals surface area contributed by atoms with E-state index >= 15 is 0 Å². The normalized spacial score (nSPS) is 15.7. The first-order valence-corrected chi connectivity index (χ1v) is 7.11. The summed E-state index contributed by atoms with van der Waals surface area (Å²) in [6.45, 7) is 8.33. The maximum absolute atomic E-state index is 5.49. The molecule has 1 aliphatic rings. The molecule has 0 aliphatic carbocycles. The SMILES string of the molecule is COc1ccc(C)c2c(N3CCNCC3)cc(C)nc12. The van der Waals surface area contributed by atoms with E-state index in [1.165, 1.54) is 16.6 Å². The van der Waals surface area contributed by atoms with Crippen LogP contribution in [0.4, 0.5) is 5.69 Å². The molecule has 106 valence electrons. The summed E-state index contributed by atoms with van der Waals surface area (Å²) in [5.41, 5.74) is 4.54. The number of pyridine rings is 1. The first-order valence-electron chi connectivity index (χ1n) is 7.11. The molecule has 1 aliphatic heterocycles. The predicted octanol–water partition coefficient (Wildman–Crippen LogP) is 2.27. The molecule has 20 heavy (non-hydrogen) atoms. The van der Waals surface area contributed by atoms with Gasteiger partial charge < -0.3 is 15.0 Å². The van der Waals surface area contributed by atoms with E-state index in [9.17, 15) is 0 Å². The molecule has 0 bridgehead atoms. The maximum atomic E-state index is 5.49. The van der Waals surface area contributed by atoms with Crippen LogP contribution in [0.5, 0.6) is 5.75 Å². The van der Waals surface area contributed by atoms with Crippen molar-refractivity contribution in [1.29, 1.82) is 0 Å². The molecule has 1 fully saturated rings.